The van der Waals surface area contributed by atoms with Crippen LogP contribution in [-0.2, 0) is 4.74 Å². The van der Waals surface area contributed by atoms with E-state index >= 15 is 0 Å². The van der Waals surface area contributed by atoms with Gasteiger partial charge in [0.15, 0.2) is 0 Å². The van der Waals surface area contributed by atoms with E-state index in [1.807, 2.05) is 13.0 Å². The number of allylic oxidation sites excluding steroid dienone is 1. The van der Waals surface area contributed by atoms with Gasteiger partial charge in [-0.15, -0.1) is 0 Å². The Balaban J connectivity index is 2.58. The van der Waals surface area contributed by atoms with E-state index in [0.717, 1.165) is 5.70 Å². The minimum Gasteiger partial charge on any atom is -0.399 e. The van der Waals surface area contributed by atoms with E-state index in [1.165, 1.54) is 0 Å². The first-order chi connectivity index (χ1) is 5.16. The van der Waals surface area contributed by atoms with E-state index in [2.05, 4.69) is 0 Å². The molecule has 1 aliphatic rings. The van der Waals surface area contributed by atoms with Crippen LogP contribution in [-0.4, -0.2) is 12.3 Å². The lowest BCUT2D eigenvalue weighted by atomic mass is 10.0. The molecule has 0 amide bonds. The van der Waals surface area contributed by atoms with Crippen LogP contribution in [0.25, 0.3) is 0 Å². The van der Waals surface area contributed by atoms with Crippen molar-refractivity contribution in [1.82, 2.24) is 0 Å². The maximum absolute atomic E-state index is 5.82. The first kappa shape index (κ1) is 8.30. The Labute approximate surface area is 66.7 Å². The highest BCUT2D eigenvalue weighted by Crippen LogP contribution is 2.17. The third-order valence-corrected chi connectivity index (χ3v) is 1.63. The summed E-state index contributed by atoms with van der Waals surface area (Å²) in [6, 6.07) is 0. The van der Waals surface area contributed by atoms with E-state index in [-0.39, 0.29) is 0 Å². The summed E-state index contributed by atoms with van der Waals surface area (Å²) in [4.78, 5) is 0. The fraction of sp³-hybridized carbons (Fsp3) is 0.500. The number of rotatable bonds is 2. The summed E-state index contributed by atoms with van der Waals surface area (Å²) < 4.78 is 5.31. The Morgan fingerprint density at radius 3 is 2.91 bits per heavy atom. The molecule has 0 aromatic rings. The zero-order chi connectivity index (χ0) is 8.32. The van der Waals surface area contributed by atoms with E-state index in [4.69, 9.17) is 16.2 Å². The van der Waals surface area contributed by atoms with Crippen LogP contribution in [0.2, 0.25) is 0 Å². The summed E-state index contributed by atoms with van der Waals surface area (Å²) in [6.07, 6.45) is 6.10. The van der Waals surface area contributed by atoms with Crippen molar-refractivity contribution in [3.63, 3.8) is 0 Å². The van der Waals surface area contributed by atoms with Gasteiger partial charge in [-0.1, -0.05) is 6.08 Å². The molecule has 0 aliphatic heterocycles. The summed E-state index contributed by atoms with van der Waals surface area (Å²) in [5.41, 5.74) is 11.5. The van der Waals surface area contributed by atoms with Gasteiger partial charge in [-0.3, -0.25) is 5.73 Å². The van der Waals surface area contributed by atoms with Gasteiger partial charge < -0.3 is 10.5 Å². The van der Waals surface area contributed by atoms with E-state index in [1.54, 1.807) is 12.2 Å². The summed E-state index contributed by atoms with van der Waals surface area (Å²) in [5.74, 6) is 0. The molecule has 1 unspecified atom stereocenters. The molecule has 0 saturated heterocycles. The van der Waals surface area contributed by atoms with Gasteiger partial charge in [-0.25, -0.2) is 0 Å². The third-order valence-electron chi connectivity index (χ3n) is 1.63. The standard InChI is InChI=1S/C8H14N2O/c1-2-11-8(10)5-3-7(9)4-6-8/h3-5H,2,6,9-10H2,1H3. The molecule has 11 heavy (non-hydrogen) atoms. The van der Waals surface area contributed by atoms with Crippen LogP contribution in [0.4, 0.5) is 0 Å². The van der Waals surface area contributed by atoms with Crippen molar-refractivity contribution in [2.75, 3.05) is 6.61 Å². The minimum atomic E-state index is -0.627. The lowest BCUT2D eigenvalue weighted by Crippen LogP contribution is -2.41. The van der Waals surface area contributed by atoms with Crippen LogP contribution < -0.4 is 11.5 Å². The Bertz CT molecular complexity index is 198. The summed E-state index contributed by atoms with van der Waals surface area (Å²) >= 11 is 0. The molecule has 0 fully saturated rings. The van der Waals surface area contributed by atoms with Crippen LogP contribution in [0.5, 0.6) is 0 Å². The van der Waals surface area contributed by atoms with Crippen molar-refractivity contribution in [3.05, 3.63) is 23.9 Å². The molecule has 0 saturated carbocycles. The van der Waals surface area contributed by atoms with Gasteiger partial charge in [0.05, 0.1) is 0 Å². The Morgan fingerprint density at radius 2 is 2.45 bits per heavy atom. The molecule has 0 heterocycles. The molecule has 0 radical (unpaired) electrons. The lowest BCUT2D eigenvalue weighted by Gasteiger charge is -2.26. The molecule has 1 atom stereocenters. The quantitative estimate of drug-likeness (QED) is 0.569. The maximum atomic E-state index is 5.82. The average molecular weight is 154 g/mol. The number of hydrogen-bond acceptors (Lipinski definition) is 3. The van der Waals surface area contributed by atoms with Crippen LogP contribution >= 0.6 is 0 Å². The SMILES string of the molecule is CCOC1(N)C=CC(N)=CC1. The van der Waals surface area contributed by atoms with Crippen molar-refractivity contribution in [2.24, 2.45) is 11.5 Å². The van der Waals surface area contributed by atoms with Gasteiger partial charge in [0.2, 0.25) is 0 Å². The molecule has 4 N–H and O–H groups in total. The minimum absolute atomic E-state index is 0.620. The second-order valence-electron chi connectivity index (χ2n) is 2.63. The average Bonchev–Trinajstić information content (AvgIpc) is 1.97. The number of hydrogen-bond donors (Lipinski definition) is 2. The van der Waals surface area contributed by atoms with Crippen molar-refractivity contribution >= 4 is 0 Å². The molecule has 0 aromatic carbocycles. The largest absolute Gasteiger partial charge is 0.399 e. The highest BCUT2D eigenvalue weighted by molar-refractivity contribution is 5.24. The van der Waals surface area contributed by atoms with E-state index < -0.39 is 5.72 Å². The summed E-state index contributed by atoms with van der Waals surface area (Å²) in [7, 11) is 0. The highest BCUT2D eigenvalue weighted by Gasteiger charge is 2.22. The summed E-state index contributed by atoms with van der Waals surface area (Å²) in [5, 5.41) is 0. The van der Waals surface area contributed by atoms with Gasteiger partial charge in [0.1, 0.15) is 5.72 Å². The fourth-order valence-electron chi connectivity index (χ4n) is 1.03. The normalized spacial score (nSPS) is 30.2. The molecule has 1 aliphatic carbocycles. The molecule has 1 rings (SSSR count). The lowest BCUT2D eigenvalue weighted by molar-refractivity contribution is 0.00527. The van der Waals surface area contributed by atoms with Gasteiger partial charge in [-0.05, 0) is 19.1 Å². The van der Waals surface area contributed by atoms with Crippen molar-refractivity contribution in [2.45, 2.75) is 19.1 Å². The fourth-order valence-corrected chi connectivity index (χ4v) is 1.03. The molecular weight excluding hydrogens is 140 g/mol. The summed E-state index contributed by atoms with van der Waals surface area (Å²) in [6.45, 7) is 2.54. The molecule has 62 valence electrons. The van der Waals surface area contributed by atoms with Crippen LogP contribution in [0.15, 0.2) is 23.9 Å². The van der Waals surface area contributed by atoms with Gasteiger partial charge in [0.25, 0.3) is 0 Å². The molecule has 3 heteroatoms. The number of ether oxygens (including phenoxy) is 1. The Hall–Kier alpha value is -0.800. The second-order valence-corrected chi connectivity index (χ2v) is 2.63. The second kappa shape index (κ2) is 3.07. The van der Waals surface area contributed by atoms with Gasteiger partial charge >= 0.3 is 0 Å². The molecule has 3 nitrogen and oxygen atoms in total. The molecular formula is C8H14N2O. The topological polar surface area (TPSA) is 61.3 Å². The zero-order valence-corrected chi connectivity index (χ0v) is 6.71. The van der Waals surface area contributed by atoms with Crippen molar-refractivity contribution < 1.29 is 4.74 Å². The Morgan fingerprint density at radius 1 is 1.73 bits per heavy atom. The predicted octanol–water partition coefficient (Wildman–Crippen LogP) is 0.480. The number of nitrogens with two attached hydrogens (primary N) is 2. The highest BCUT2D eigenvalue weighted by atomic mass is 16.5. The van der Waals surface area contributed by atoms with Crippen molar-refractivity contribution in [3.8, 4) is 0 Å². The van der Waals surface area contributed by atoms with Crippen molar-refractivity contribution in [1.29, 1.82) is 0 Å². The monoisotopic (exact) mass is 154 g/mol. The molecule has 0 bridgehead atoms. The van der Waals surface area contributed by atoms with Gasteiger partial charge in [0, 0.05) is 18.7 Å². The van der Waals surface area contributed by atoms with Crippen LogP contribution in [0.1, 0.15) is 13.3 Å². The zero-order valence-electron chi connectivity index (χ0n) is 6.71. The van der Waals surface area contributed by atoms with E-state index in [0.29, 0.717) is 13.0 Å². The molecule has 0 spiro atoms. The third kappa shape index (κ3) is 2.06. The van der Waals surface area contributed by atoms with Crippen LogP contribution in [0.3, 0.4) is 0 Å². The van der Waals surface area contributed by atoms with Gasteiger partial charge in [-0.2, -0.15) is 0 Å². The first-order valence-corrected chi connectivity index (χ1v) is 3.74. The smallest absolute Gasteiger partial charge is 0.139 e. The maximum Gasteiger partial charge on any atom is 0.139 e. The Kier molecular flexibility index (Phi) is 2.31. The van der Waals surface area contributed by atoms with Crippen LogP contribution in [0, 0.1) is 0 Å². The van der Waals surface area contributed by atoms with E-state index in [9.17, 15) is 0 Å². The molecule has 0 aromatic heterocycles. The first-order valence-electron chi connectivity index (χ1n) is 3.74. The predicted molar refractivity (Wildman–Crippen MR) is 44.6 cm³/mol.